The predicted molar refractivity (Wildman–Crippen MR) is 86.3 cm³/mol. The lowest BCUT2D eigenvalue weighted by Crippen LogP contribution is -2.25. The molecule has 0 saturated carbocycles. The predicted octanol–water partition coefficient (Wildman–Crippen LogP) is 4.84. The summed E-state index contributed by atoms with van der Waals surface area (Å²) in [6, 6.07) is 4.24. The molecule has 0 fully saturated rings. The van der Waals surface area contributed by atoms with Gasteiger partial charge in [-0.25, -0.2) is 4.39 Å². The van der Waals surface area contributed by atoms with Gasteiger partial charge in [-0.3, -0.25) is 0 Å². The van der Waals surface area contributed by atoms with Gasteiger partial charge in [-0.15, -0.1) is 0 Å². The van der Waals surface area contributed by atoms with E-state index in [1.165, 1.54) is 6.20 Å². The molecule has 0 spiro atoms. The molecule has 4 heteroatoms. The molecule has 1 N–H and O–H groups in total. The zero-order chi connectivity index (χ0) is 15.0. The fourth-order valence-electron chi connectivity index (χ4n) is 2.78. The lowest BCUT2D eigenvalue weighted by Gasteiger charge is -2.26. The van der Waals surface area contributed by atoms with E-state index in [1.54, 1.807) is 0 Å². The third-order valence-corrected chi connectivity index (χ3v) is 3.76. The van der Waals surface area contributed by atoms with Gasteiger partial charge < -0.3 is 14.6 Å². The van der Waals surface area contributed by atoms with Crippen molar-refractivity contribution in [3.8, 4) is 0 Å². The van der Waals surface area contributed by atoms with Crippen LogP contribution in [0.1, 0.15) is 25.2 Å². The minimum absolute atomic E-state index is 0.131. The Hall–Kier alpha value is -2.23. The van der Waals surface area contributed by atoms with Crippen LogP contribution in [0.25, 0.3) is 17.0 Å². The first-order valence-corrected chi connectivity index (χ1v) is 7.15. The average Bonchev–Trinajstić information content (AvgIpc) is 2.83. The molecular formula is C17H19FN2O. The maximum Gasteiger partial charge on any atom is 0.160 e. The van der Waals surface area contributed by atoms with Crippen molar-refractivity contribution in [2.45, 2.75) is 26.8 Å². The van der Waals surface area contributed by atoms with E-state index in [4.69, 9.17) is 4.42 Å². The highest BCUT2D eigenvalue weighted by atomic mass is 19.1. The van der Waals surface area contributed by atoms with Gasteiger partial charge in [0.15, 0.2) is 11.3 Å². The molecule has 2 aromatic rings. The Kier molecular flexibility index (Phi) is 3.45. The first-order valence-electron chi connectivity index (χ1n) is 7.15. The Labute approximate surface area is 123 Å². The highest BCUT2D eigenvalue weighted by Gasteiger charge is 2.21. The van der Waals surface area contributed by atoms with Gasteiger partial charge in [0.05, 0.1) is 11.4 Å². The van der Waals surface area contributed by atoms with Crippen molar-refractivity contribution < 1.29 is 8.81 Å². The molecule has 2 heterocycles. The molecule has 0 unspecified atom stereocenters. The van der Waals surface area contributed by atoms with Gasteiger partial charge in [0, 0.05) is 24.2 Å². The van der Waals surface area contributed by atoms with Gasteiger partial charge in [0.1, 0.15) is 6.33 Å². The summed E-state index contributed by atoms with van der Waals surface area (Å²) in [5.41, 5.74) is 3.79. The number of anilines is 2. The van der Waals surface area contributed by atoms with Crippen LogP contribution in [-0.4, -0.2) is 12.6 Å². The molecule has 3 nitrogen and oxygen atoms in total. The van der Waals surface area contributed by atoms with E-state index in [-0.39, 0.29) is 6.04 Å². The molecule has 0 amide bonds. The third-order valence-electron chi connectivity index (χ3n) is 3.76. The van der Waals surface area contributed by atoms with Crippen LogP contribution in [0.4, 0.5) is 15.8 Å². The van der Waals surface area contributed by atoms with Crippen molar-refractivity contribution in [2.24, 2.45) is 0 Å². The van der Waals surface area contributed by atoms with Crippen LogP contribution in [0.5, 0.6) is 0 Å². The first kappa shape index (κ1) is 13.7. The summed E-state index contributed by atoms with van der Waals surface area (Å²) in [6.07, 6.45) is 6.03. The lowest BCUT2D eigenvalue weighted by atomic mass is 10.1. The molecule has 0 radical (unpaired) electrons. The molecule has 1 aromatic heterocycles. The van der Waals surface area contributed by atoms with Gasteiger partial charge in [-0.2, -0.15) is 0 Å². The topological polar surface area (TPSA) is 28.4 Å². The molecule has 0 saturated heterocycles. The van der Waals surface area contributed by atoms with Crippen molar-refractivity contribution in [1.82, 2.24) is 0 Å². The number of furan rings is 1. The first-order chi connectivity index (χ1) is 10.1. The van der Waals surface area contributed by atoms with Crippen molar-refractivity contribution in [2.75, 3.05) is 16.8 Å². The summed E-state index contributed by atoms with van der Waals surface area (Å²) < 4.78 is 18.8. The SMILES string of the molecule is Cc1ccc2c3c(oc2c1N(/C=C\F)C(C)C)C=CCN3. The molecule has 1 aromatic carbocycles. The second-order valence-corrected chi connectivity index (χ2v) is 5.51. The Bertz CT molecular complexity index is 728. The van der Waals surface area contributed by atoms with Gasteiger partial charge >= 0.3 is 0 Å². The molecule has 0 bridgehead atoms. The minimum atomic E-state index is 0.131. The number of nitrogens with zero attached hydrogens (tertiary/aromatic N) is 1. The van der Waals surface area contributed by atoms with E-state index < -0.39 is 0 Å². The van der Waals surface area contributed by atoms with E-state index in [9.17, 15) is 4.39 Å². The molecule has 0 atom stereocenters. The molecule has 1 aliphatic rings. The van der Waals surface area contributed by atoms with E-state index >= 15 is 0 Å². The zero-order valence-electron chi connectivity index (χ0n) is 12.5. The van der Waals surface area contributed by atoms with Gasteiger partial charge in [-0.05, 0) is 38.5 Å². The van der Waals surface area contributed by atoms with Crippen LogP contribution < -0.4 is 10.2 Å². The number of benzene rings is 1. The van der Waals surface area contributed by atoms with Crippen LogP contribution in [0, 0.1) is 6.92 Å². The molecule has 1 aliphatic heterocycles. The van der Waals surface area contributed by atoms with Gasteiger partial charge in [0.2, 0.25) is 0 Å². The van der Waals surface area contributed by atoms with E-state index in [0.717, 1.165) is 40.2 Å². The minimum Gasteiger partial charge on any atom is -0.452 e. The van der Waals surface area contributed by atoms with Gasteiger partial charge in [-0.1, -0.05) is 12.1 Å². The smallest absolute Gasteiger partial charge is 0.160 e. The van der Waals surface area contributed by atoms with E-state index in [2.05, 4.69) is 17.4 Å². The Morgan fingerprint density at radius 2 is 2.19 bits per heavy atom. The number of halogens is 1. The quantitative estimate of drug-likeness (QED) is 0.875. The van der Waals surface area contributed by atoms with E-state index in [1.807, 2.05) is 37.8 Å². The highest BCUT2D eigenvalue weighted by Crippen LogP contribution is 2.40. The zero-order valence-corrected chi connectivity index (χ0v) is 12.5. The van der Waals surface area contributed by atoms with Crippen molar-refractivity contribution in [3.05, 3.63) is 42.1 Å². The number of aryl methyl sites for hydroxylation is 1. The van der Waals surface area contributed by atoms with Crippen LogP contribution in [0.3, 0.4) is 0 Å². The second-order valence-electron chi connectivity index (χ2n) is 5.51. The Morgan fingerprint density at radius 3 is 2.90 bits per heavy atom. The summed E-state index contributed by atoms with van der Waals surface area (Å²) in [7, 11) is 0. The van der Waals surface area contributed by atoms with Crippen molar-refractivity contribution in [1.29, 1.82) is 0 Å². The maximum absolute atomic E-state index is 12.8. The largest absolute Gasteiger partial charge is 0.452 e. The second kappa shape index (κ2) is 5.28. The van der Waals surface area contributed by atoms with Crippen LogP contribution in [0.15, 0.2) is 35.2 Å². The summed E-state index contributed by atoms with van der Waals surface area (Å²) in [6.45, 7) is 6.86. The fraction of sp³-hybridized carbons (Fsp3) is 0.294. The Morgan fingerprint density at radius 1 is 1.38 bits per heavy atom. The standard InChI is InChI=1S/C17H19FN2O/c1-11(2)20(10-8-18)16-12(3)6-7-13-15-14(21-17(13)16)5-4-9-19-15/h4-8,10-11,19H,9H2,1-3H3/b10-8-. The van der Waals surface area contributed by atoms with Crippen molar-refractivity contribution >= 4 is 28.4 Å². The van der Waals surface area contributed by atoms with Crippen LogP contribution in [-0.2, 0) is 0 Å². The van der Waals surface area contributed by atoms with Crippen molar-refractivity contribution in [3.63, 3.8) is 0 Å². The van der Waals surface area contributed by atoms with Crippen LogP contribution >= 0.6 is 0 Å². The number of fused-ring (bicyclic) bond motifs is 3. The number of hydrogen-bond acceptors (Lipinski definition) is 3. The number of hydrogen-bond donors (Lipinski definition) is 1. The molecule has 110 valence electrons. The third kappa shape index (κ3) is 2.20. The lowest BCUT2D eigenvalue weighted by molar-refractivity contribution is 0.601. The molecule has 3 rings (SSSR count). The molecule has 21 heavy (non-hydrogen) atoms. The summed E-state index contributed by atoms with van der Waals surface area (Å²) in [5.74, 6) is 0.830. The normalized spacial score (nSPS) is 14.0. The fourth-order valence-corrected chi connectivity index (χ4v) is 2.78. The molecular weight excluding hydrogens is 267 g/mol. The number of nitrogens with one attached hydrogen (secondary N) is 1. The summed E-state index contributed by atoms with van der Waals surface area (Å²) in [4.78, 5) is 1.90. The Balaban J connectivity index is 2.28. The van der Waals surface area contributed by atoms with Gasteiger partial charge in [0.25, 0.3) is 0 Å². The summed E-state index contributed by atoms with van der Waals surface area (Å²) in [5, 5.41) is 4.38. The maximum atomic E-state index is 12.8. The summed E-state index contributed by atoms with van der Waals surface area (Å²) >= 11 is 0. The van der Waals surface area contributed by atoms with E-state index in [0.29, 0.717) is 6.33 Å². The molecule has 0 aliphatic carbocycles. The monoisotopic (exact) mass is 286 g/mol. The van der Waals surface area contributed by atoms with Crippen LogP contribution in [0.2, 0.25) is 0 Å². The average molecular weight is 286 g/mol. The number of rotatable bonds is 3. The highest BCUT2D eigenvalue weighted by molar-refractivity contribution is 6.03.